The summed E-state index contributed by atoms with van der Waals surface area (Å²) in [5.74, 6) is -0.353. The molecule has 0 unspecified atom stereocenters. The smallest absolute Gasteiger partial charge is 0.325 e. The van der Waals surface area contributed by atoms with Crippen molar-refractivity contribution in [3.05, 3.63) is 24.1 Å². The zero-order valence-corrected chi connectivity index (χ0v) is 9.58. The van der Waals surface area contributed by atoms with Gasteiger partial charge in [-0.1, -0.05) is 0 Å². The lowest BCUT2D eigenvalue weighted by Gasteiger charge is -2.19. The normalized spacial score (nSPS) is 11.0. The Kier molecular flexibility index (Phi) is 3.82. The fourth-order valence-electron chi connectivity index (χ4n) is 1.02. The van der Waals surface area contributed by atoms with E-state index in [1.165, 1.54) is 12.1 Å². The third kappa shape index (κ3) is 4.72. The first kappa shape index (κ1) is 12.4. The highest BCUT2D eigenvalue weighted by molar-refractivity contribution is 5.74. The minimum Gasteiger partial charge on any atom is -0.459 e. The number of ether oxygens (including phenoxy) is 1. The van der Waals surface area contributed by atoms with Crippen molar-refractivity contribution in [2.24, 2.45) is 0 Å². The van der Waals surface area contributed by atoms with Crippen LogP contribution in [0.3, 0.4) is 0 Å². The summed E-state index contributed by atoms with van der Waals surface area (Å²) in [6, 6.07) is 2.73. The van der Waals surface area contributed by atoms with Gasteiger partial charge in [-0.05, 0) is 32.9 Å². The SMILES string of the molecule is CC(C)(C)OC(=O)CNc1ccc(F)cn1. The quantitative estimate of drug-likeness (QED) is 0.800. The van der Waals surface area contributed by atoms with Crippen LogP contribution in [0.5, 0.6) is 0 Å². The number of nitrogens with one attached hydrogen (secondary N) is 1. The number of nitrogens with zero attached hydrogens (tertiary/aromatic N) is 1. The van der Waals surface area contributed by atoms with E-state index in [0.29, 0.717) is 5.82 Å². The number of carbonyl (C=O) groups excluding carboxylic acids is 1. The van der Waals surface area contributed by atoms with Gasteiger partial charge >= 0.3 is 5.97 Å². The maximum Gasteiger partial charge on any atom is 0.325 e. The van der Waals surface area contributed by atoms with E-state index in [4.69, 9.17) is 4.74 Å². The average Bonchev–Trinajstić information content (AvgIpc) is 2.14. The topological polar surface area (TPSA) is 51.2 Å². The molecule has 0 aliphatic heterocycles. The molecule has 0 atom stereocenters. The Morgan fingerprint density at radius 3 is 2.69 bits per heavy atom. The van der Waals surface area contributed by atoms with Gasteiger partial charge in [0.25, 0.3) is 0 Å². The van der Waals surface area contributed by atoms with Crippen LogP contribution in [-0.2, 0) is 9.53 Å². The number of hydrogen-bond acceptors (Lipinski definition) is 4. The summed E-state index contributed by atoms with van der Waals surface area (Å²) in [4.78, 5) is 15.1. The predicted octanol–water partition coefficient (Wildman–Crippen LogP) is 1.97. The maximum absolute atomic E-state index is 12.5. The molecule has 0 saturated heterocycles. The highest BCUT2D eigenvalue weighted by atomic mass is 19.1. The molecular formula is C11H15FN2O2. The Morgan fingerprint density at radius 1 is 1.50 bits per heavy atom. The zero-order valence-electron chi connectivity index (χ0n) is 9.58. The standard InChI is InChI=1S/C11H15FN2O2/c1-11(2,3)16-10(15)7-14-9-5-4-8(12)6-13-9/h4-6H,7H2,1-3H3,(H,13,14). The lowest BCUT2D eigenvalue weighted by atomic mass is 10.2. The van der Waals surface area contributed by atoms with Crippen LogP contribution in [0.25, 0.3) is 0 Å². The van der Waals surface area contributed by atoms with Crippen LogP contribution in [0.15, 0.2) is 18.3 Å². The summed E-state index contributed by atoms with van der Waals surface area (Å²) < 4.78 is 17.6. The van der Waals surface area contributed by atoms with E-state index < -0.39 is 11.4 Å². The monoisotopic (exact) mass is 226 g/mol. The largest absolute Gasteiger partial charge is 0.459 e. The van der Waals surface area contributed by atoms with E-state index >= 15 is 0 Å². The first-order valence-electron chi connectivity index (χ1n) is 4.94. The lowest BCUT2D eigenvalue weighted by molar-refractivity contribution is -0.152. The molecule has 5 heteroatoms. The Hall–Kier alpha value is -1.65. The predicted molar refractivity (Wildman–Crippen MR) is 58.5 cm³/mol. The molecule has 4 nitrogen and oxygen atoms in total. The van der Waals surface area contributed by atoms with E-state index in [1.54, 1.807) is 20.8 Å². The second-order valence-corrected chi connectivity index (χ2v) is 4.30. The molecule has 1 heterocycles. The fraction of sp³-hybridized carbons (Fsp3) is 0.455. The van der Waals surface area contributed by atoms with Gasteiger partial charge in [0.05, 0.1) is 6.20 Å². The zero-order chi connectivity index (χ0) is 12.2. The number of halogens is 1. The summed E-state index contributed by atoms with van der Waals surface area (Å²) >= 11 is 0. The van der Waals surface area contributed by atoms with Gasteiger partial charge in [0.1, 0.15) is 23.8 Å². The van der Waals surface area contributed by atoms with Gasteiger partial charge in [-0.15, -0.1) is 0 Å². The van der Waals surface area contributed by atoms with Crippen LogP contribution in [0.4, 0.5) is 10.2 Å². The van der Waals surface area contributed by atoms with Gasteiger partial charge in [-0.25, -0.2) is 9.37 Å². The van der Waals surface area contributed by atoms with E-state index in [0.717, 1.165) is 6.20 Å². The van der Waals surface area contributed by atoms with Crippen molar-refractivity contribution in [2.75, 3.05) is 11.9 Å². The van der Waals surface area contributed by atoms with E-state index in [1.807, 2.05) is 0 Å². The van der Waals surface area contributed by atoms with Crippen molar-refractivity contribution in [1.82, 2.24) is 4.98 Å². The van der Waals surface area contributed by atoms with Crippen LogP contribution >= 0.6 is 0 Å². The van der Waals surface area contributed by atoms with Crippen molar-refractivity contribution < 1.29 is 13.9 Å². The summed E-state index contributed by atoms with van der Waals surface area (Å²) in [7, 11) is 0. The number of pyridine rings is 1. The summed E-state index contributed by atoms with van der Waals surface area (Å²) in [5.41, 5.74) is -0.505. The Balaban J connectivity index is 2.40. The molecule has 0 spiro atoms. The fourth-order valence-corrected chi connectivity index (χ4v) is 1.02. The highest BCUT2D eigenvalue weighted by Gasteiger charge is 2.15. The Bertz CT molecular complexity index is 357. The molecule has 0 amide bonds. The molecule has 0 bridgehead atoms. The van der Waals surface area contributed by atoms with Crippen LogP contribution < -0.4 is 5.32 Å². The number of aromatic nitrogens is 1. The number of esters is 1. The molecule has 88 valence electrons. The second-order valence-electron chi connectivity index (χ2n) is 4.30. The highest BCUT2D eigenvalue weighted by Crippen LogP contribution is 2.07. The van der Waals surface area contributed by atoms with Gasteiger partial charge in [0.15, 0.2) is 0 Å². The first-order chi connectivity index (χ1) is 7.37. The second kappa shape index (κ2) is 4.92. The molecule has 1 rings (SSSR count). The molecule has 16 heavy (non-hydrogen) atoms. The minimum atomic E-state index is -0.505. The number of anilines is 1. The molecule has 0 aliphatic rings. The van der Waals surface area contributed by atoms with Crippen LogP contribution in [0.2, 0.25) is 0 Å². The molecular weight excluding hydrogens is 211 g/mol. The molecule has 0 fully saturated rings. The maximum atomic E-state index is 12.5. The number of carbonyl (C=O) groups is 1. The van der Waals surface area contributed by atoms with Crippen LogP contribution in [0.1, 0.15) is 20.8 Å². The molecule has 0 saturated carbocycles. The van der Waals surface area contributed by atoms with Gasteiger partial charge in [0, 0.05) is 0 Å². The van der Waals surface area contributed by atoms with Crippen molar-refractivity contribution in [3.8, 4) is 0 Å². The third-order valence-electron chi connectivity index (χ3n) is 1.56. The number of rotatable bonds is 3. The van der Waals surface area contributed by atoms with E-state index in [2.05, 4.69) is 10.3 Å². The van der Waals surface area contributed by atoms with E-state index in [9.17, 15) is 9.18 Å². The summed E-state index contributed by atoms with van der Waals surface area (Å²) in [6.07, 6.45) is 1.08. The molecule has 0 aliphatic carbocycles. The Labute approximate surface area is 93.8 Å². The van der Waals surface area contributed by atoms with Crippen molar-refractivity contribution in [2.45, 2.75) is 26.4 Å². The molecule has 0 aromatic carbocycles. The molecule has 1 aromatic rings. The Morgan fingerprint density at radius 2 is 2.19 bits per heavy atom. The first-order valence-corrected chi connectivity index (χ1v) is 4.94. The lowest BCUT2D eigenvalue weighted by Crippen LogP contribution is -2.28. The van der Waals surface area contributed by atoms with E-state index in [-0.39, 0.29) is 12.5 Å². The number of hydrogen-bond donors (Lipinski definition) is 1. The van der Waals surface area contributed by atoms with Gasteiger partial charge in [-0.3, -0.25) is 4.79 Å². The average molecular weight is 226 g/mol. The van der Waals surface area contributed by atoms with Crippen molar-refractivity contribution in [1.29, 1.82) is 0 Å². The molecule has 1 N–H and O–H groups in total. The third-order valence-corrected chi connectivity index (χ3v) is 1.56. The molecule has 0 radical (unpaired) electrons. The van der Waals surface area contributed by atoms with Crippen molar-refractivity contribution >= 4 is 11.8 Å². The summed E-state index contributed by atoms with van der Waals surface area (Å²) in [6.45, 7) is 5.39. The summed E-state index contributed by atoms with van der Waals surface area (Å²) in [5, 5.41) is 2.74. The molecule has 1 aromatic heterocycles. The van der Waals surface area contributed by atoms with Gasteiger partial charge < -0.3 is 10.1 Å². The van der Waals surface area contributed by atoms with Gasteiger partial charge in [0.2, 0.25) is 0 Å². The van der Waals surface area contributed by atoms with Crippen LogP contribution in [-0.4, -0.2) is 23.1 Å². The van der Waals surface area contributed by atoms with Crippen LogP contribution in [0, 0.1) is 5.82 Å². The van der Waals surface area contributed by atoms with Crippen molar-refractivity contribution in [3.63, 3.8) is 0 Å². The minimum absolute atomic E-state index is 0.00982. The van der Waals surface area contributed by atoms with Gasteiger partial charge in [-0.2, -0.15) is 0 Å².